The molecule has 0 aromatic heterocycles. The van der Waals surface area contributed by atoms with Gasteiger partial charge in [0.05, 0.1) is 10.8 Å². The lowest BCUT2D eigenvalue weighted by atomic mass is 9.83. The van der Waals surface area contributed by atoms with Gasteiger partial charge < -0.3 is 0 Å². The molecule has 0 nitrogen and oxygen atoms in total. The fraction of sp³-hybridized carbons (Fsp3) is 0.333. The van der Waals surface area contributed by atoms with Gasteiger partial charge in [-0.1, -0.05) is 48.5 Å². The molecule has 0 unspecified atom stereocenters. The molecular weight excluding hydrogens is 287 g/mol. The Morgan fingerprint density at radius 2 is 0.950 bits per heavy atom. The first-order chi connectivity index (χ1) is 9.75. The summed E-state index contributed by atoms with van der Waals surface area (Å²) >= 11 is 13.1. The molecule has 0 saturated heterocycles. The Bertz CT molecular complexity index is 592. The minimum Gasteiger partial charge on any atom is -0.118 e. The summed E-state index contributed by atoms with van der Waals surface area (Å²) in [5, 5.41) is 0.301. The fourth-order valence-corrected chi connectivity index (χ4v) is 4.76. The molecule has 0 fully saturated rings. The molecule has 0 bridgehead atoms. The van der Waals surface area contributed by atoms with Crippen molar-refractivity contribution in [3.05, 3.63) is 70.8 Å². The van der Waals surface area contributed by atoms with Crippen LogP contribution in [0.25, 0.3) is 0 Å². The summed E-state index contributed by atoms with van der Waals surface area (Å²) in [6.07, 6.45) is 2.06. The number of fused-ring (bicyclic) bond motifs is 2. The molecule has 0 aliphatic heterocycles. The average Bonchev–Trinajstić information content (AvgIpc) is 2.99. The maximum atomic E-state index is 6.55. The number of alkyl halides is 2. The van der Waals surface area contributed by atoms with E-state index in [0.29, 0.717) is 11.8 Å². The zero-order valence-corrected chi connectivity index (χ0v) is 12.6. The highest BCUT2D eigenvalue weighted by molar-refractivity contribution is 6.21. The van der Waals surface area contributed by atoms with Gasteiger partial charge in [-0.2, -0.15) is 0 Å². The minimum atomic E-state index is 0.151. The van der Waals surface area contributed by atoms with Crippen LogP contribution in [0.4, 0.5) is 0 Å². The van der Waals surface area contributed by atoms with Gasteiger partial charge in [-0.05, 0) is 46.9 Å². The van der Waals surface area contributed by atoms with Crippen molar-refractivity contribution in [3.63, 3.8) is 0 Å². The van der Waals surface area contributed by atoms with E-state index < -0.39 is 0 Å². The summed E-state index contributed by atoms with van der Waals surface area (Å²) in [4.78, 5) is 0. The number of halogens is 2. The third kappa shape index (κ3) is 1.82. The van der Waals surface area contributed by atoms with E-state index in [1.54, 1.807) is 0 Å². The van der Waals surface area contributed by atoms with Crippen molar-refractivity contribution in [3.8, 4) is 0 Å². The van der Waals surface area contributed by atoms with Crippen LogP contribution in [0.3, 0.4) is 0 Å². The molecule has 2 heteroatoms. The molecule has 0 radical (unpaired) electrons. The van der Waals surface area contributed by atoms with Crippen molar-refractivity contribution in [2.24, 2.45) is 0 Å². The van der Waals surface area contributed by atoms with Crippen molar-refractivity contribution < 1.29 is 0 Å². The second-order valence-electron chi connectivity index (χ2n) is 5.88. The SMILES string of the molecule is Cl[C@@H]1C[C@H]([C@H]2C[C@H](Cl)c3ccccc32)c2ccccc21. The molecule has 0 saturated carbocycles. The summed E-state index contributed by atoms with van der Waals surface area (Å²) in [5.74, 6) is 1.03. The van der Waals surface area contributed by atoms with Gasteiger partial charge in [0.25, 0.3) is 0 Å². The third-order valence-electron chi connectivity index (χ3n) is 4.87. The third-order valence-corrected chi connectivity index (χ3v) is 5.70. The van der Waals surface area contributed by atoms with Crippen LogP contribution in [0.2, 0.25) is 0 Å². The first kappa shape index (κ1) is 12.7. The van der Waals surface area contributed by atoms with Crippen molar-refractivity contribution in [1.82, 2.24) is 0 Å². The van der Waals surface area contributed by atoms with Crippen LogP contribution in [0, 0.1) is 0 Å². The van der Waals surface area contributed by atoms with E-state index in [4.69, 9.17) is 23.2 Å². The van der Waals surface area contributed by atoms with Crippen LogP contribution in [0.1, 0.15) is 57.7 Å². The number of rotatable bonds is 1. The zero-order valence-electron chi connectivity index (χ0n) is 11.1. The van der Waals surface area contributed by atoms with Crippen molar-refractivity contribution in [2.45, 2.75) is 35.4 Å². The van der Waals surface area contributed by atoms with Crippen molar-refractivity contribution in [1.29, 1.82) is 0 Å². The first-order valence-corrected chi connectivity index (χ1v) is 8.09. The van der Waals surface area contributed by atoms with Gasteiger partial charge in [-0.25, -0.2) is 0 Å². The summed E-state index contributed by atoms with van der Waals surface area (Å²) in [6, 6.07) is 17.3. The Morgan fingerprint density at radius 1 is 0.600 bits per heavy atom. The van der Waals surface area contributed by atoms with Gasteiger partial charge in [0.15, 0.2) is 0 Å². The molecule has 4 rings (SSSR count). The van der Waals surface area contributed by atoms with E-state index in [1.165, 1.54) is 22.3 Å². The van der Waals surface area contributed by atoms with Crippen LogP contribution >= 0.6 is 23.2 Å². The second kappa shape index (κ2) is 4.79. The predicted octanol–water partition coefficient (Wildman–Crippen LogP) is 5.92. The van der Waals surface area contributed by atoms with Gasteiger partial charge in [0.1, 0.15) is 0 Å². The molecule has 4 atom stereocenters. The molecule has 20 heavy (non-hydrogen) atoms. The summed E-state index contributed by atoms with van der Waals surface area (Å²) in [5.41, 5.74) is 5.49. The van der Waals surface area contributed by atoms with Gasteiger partial charge in [0, 0.05) is 0 Å². The minimum absolute atomic E-state index is 0.151. The largest absolute Gasteiger partial charge is 0.118 e. The molecule has 0 heterocycles. The quantitative estimate of drug-likeness (QED) is 0.573. The van der Waals surface area contributed by atoms with Crippen molar-refractivity contribution in [2.75, 3.05) is 0 Å². The zero-order chi connectivity index (χ0) is 13.7. The normalized spacial score (nSPS) is 31.1. The van der Waals surface area contributed by atoms with Gasteiger partial charge in [0.2, 0.25) is 0 Å². The molecule has 2 aromatic carbocycles. The predicted molar refractivity (Wildman–Crippen MR) is 84.8 cm³/mol. The lowest BCUT2D eigenvalue weighted by Crippen LogP contribution is -2.05. The standard InChI is InChI=1S/C18H16Cl2/c19-17-9-15(11-5-1-3-7-13(11)17)16-10-18(20)14-8-4-2-6-12(14)16/h1-8,15-18H,9-10H2/t15-,16-,17-,18+/m0/s1. The highest BCUT2D eigenvalue weighted by Gasteiger charge is 2.40. The Balaban J connectivity index is 1.78. The smallest absolute Gasteiger partial charge is 0.0594 e. The van der Waals surface area contributed by atoms with Crippen LogP contribution in [0.15, 0.2) is 48.5 Å². The van der Waals surface area contributed by atoms with E-state index in [1.807, 2.05) is 0 Å². The molecule has 0 N–H and O–H groups in total. The molecule has 102 valence electrons. The van der Waals surface area contributed by atoms with Crippen molar-refractivity contribution >= 4 is 23.2 Å². The number of hydrogen-bond acceptors (Lipinski definition) is 0. The van der Waals surface area contributed by atoms with Crippen LogP contribution in [-0.2, 0) is 0 Å². The molecule has 2 aliphatic carbocycles. The molecule has 2 aliphatic rings. The number of hydrogen-bond donors (Lipinski definition) is 0. The monoisotopic (exact) mass is 302 g/mol. The van der Waals surface area contributed by atoms with Gasteiger partial charge >= 0.3 is 0 Å². The van der Waals surface area contributed by atoms with E-state index in [9.17, 15) is 0 Å². The Hall–Kier alpha value is -0.980. The highest BCUT2D eigenvalue weighted by atomic mass is 35.5. The summed E-state index contributed by atoms with van der Waals surface area (Å²) in [7, 11) is 0. The van der Waals surface area contributed by atoms with Gasteiger partial charge in [-0.15, -0.1) is 23.2 Å². The van der Waals surface area contributed by atoms with E-state index in [2.05, 4.69) is 48.5 Å². The molecular formula is C18H16Cl2. The second-order valence-corrected chi connectivity index (χ2v) is 6.93. The molecule has 0 spiro atoms. The van der Waals surface area contributed by atoms with Crippen LogP contribution in [0.5, 0.6) is 0 Å². The maximum absolute atomic E-state index is 6.55. The fourth-order valence-electron chi connectivity index (χ4n) is 3.98. The van der Waals surface area contributed by atoms with Crippen LogP contribution in [-0.4, -0.2) is 0 Å². The van der Waals surface area contributed by atoms with Crippen LogP contribution < -0.4 is 0 Å². The Kier molecular flexibility index (Phi) is 3.05. The first-order valence-electron chi connectivity index (χ1n) is 7.21. The Labute approximate surface area is 129 Å². The maximum Gasteiger partial charge on any atom is 0.0594 e. The number of benzene rings is 2. The average molecular weight is 303 g/mol. The Morgan fingerprint density at radius 3 is 1.35 bits per heavy atom. The highest BCUT2D eigenvalue weighted by Crippen LogP contribution is 2.56. The lowest BCUT2D eigenvalue weighted by molar-refractivity contribution is 0.523. The van der Waals surface area contributed by atoms with E-state index in [-0.39, 0.29) is 10.8 Å². The van der Waals surface area contributed by atoms with Gasteiger partial charge in [-0.3, -0.25) is 0 Å². The topological polar surface area (TPSA) is 0 Å². The van der Waals surface area contributed by atoms with E-state index >= 15 is 0 Å². The van der Waals surface area contributed by atoms with E-state index in [0.717, 1.165) is 12.8 Å². The molecule has 0 amide bonds. The lowest BCUT2D eigenvalue weighted by Gasteiger charge is -2.21. The summed E-state index contributed by atoms with van der Waals surface area (Å²) < 4.78 is 0. The summed E-state index contributed by atoms with van der Waals surface area (Å²) in [6.45, 7) is 0. The molecule has 2 aromatic rings.